The number of amides is 1. The van der Waals surface area contributed by atoms with Gasteiger partial charge in [-0.05, 0) is 30.2 Å². The number of benzene rings is 1. The van der Waals surface area contributed by atoms with Crippen LogP contribution in [0.15, 0.2) is 23.8 Å². The Morgan fingerprint density at radius 2 is 2.14 bits per heavy atom. The highest BCUT2D eigenvalue weighted by Gasteiger charge is 2.38. The van der Waals surface area contributed by atoms with Crippen LogP contribution in [0, 0.1) is 17.7 Å². The number of carbonyl (C=O) groups excluding carboxylic acids is 1. The van der Waals surface area contributed by atoms with Gasteiger partial charge in [-0.2, -0.15) is 0 Å². The Kier molecular flexibility index (Phi) is 3.60. The molecule has 116 valence electrons. The lowest BCUT2D eigenvalue weighted by atomic mass is 9.99. The lowest BCUT2D eigenvalue weighted by Gasteiger charge is -2.22. The van der Waals surface area contributed by atoms with E-state index in [2.05, 4.69) is 0 Å². The number of likely N-dealkylation sites (tertiary alicyclic amines) is 1. The molecule has 1 N–H and O–H groups in total. The van der Waals surface area contributed by atoms with Gasteiger partial charge in [-0.25, -0.2) is 4.39 Å². The van der Waals surface area contributed by atoms with Gasteiger partial charge in [0.2, 0.25) is 0 Å². The summed E-state index contributed by atoms with van der Waals surface area (Å²) in [6.07, 6.45) is 1.61. The SMILES string of the molecule is C[C@@H]1CN(C(=O)C2=Cc3cc(F)ccc3OC2)C[C@H]1C(=O)O. The average molecular weight is 305 g/mol. The van der Waals surface area contributed by atoms with Crippen LogP contribution in [0.25, 0.3) is 6.08 Å². The molecule has 0 aliphatic carbocycles. The fourth-order valence-corrected chi connectivity index (χ4v) is 2.93. The molecule has 2 atom stereocenters. The zero-order chi connectivity index (χ0) is 15.9. The summed E-state index contributed by atoms with van der Waals surface area (Å²) in [5.41, 5.74) is 0.938. The van der Waals surface area contributed by atoms with Crippen molar-refractivity contribution >= 4 is 18.0 Å². The number of fused-ring (bicyclic) bond motifs is 1. The lowest BCUT2D eigenvalue weighted by molar-refractivity contribution is -0.142. The highest BCUT2D eigenvalue weighted by molar-refractivity contribution is 5.99. The van der Waals surface area contributed by atoms with E-state index in [1.807, 2.05) is 6.92 Å². The van der Waals surface area contributed by atoms with Crippen molar-refractivity contribution in [3.63, 3.8) is 0 Å². The van der Waals surface area contributed by atoms with E-state index in [-0.39, 0.29) is 25.0 Å². The molecule has 22 heavy (non-hydrogen) atoms. The van der Waals surface area contributed by atoms with Gasteiger partial charge >= 0.3 is 5.97 Å². The van der Waals surface area contributed by atoms with Crippen LogP contribution in [0.5, 0.6) is 5.75 Å². The van der Waals surface area contributed by atoms with Crippen molar-refractivity contribution in [1.29, 1.82) is 0 Å². The summed E-state index contributed by atoms with van der Waals surface area (Å²) in [5.74, 6) is -1.62. The van der Waals surface area contributed by atoms with Gasteiger partial charge in [-0.1, -0.05) is 6.92 Å². The van der Waals surface area contributed by atoms with Gasteiger partial charge in [0.05, 0.1) is 11.5 Å². The highest BCUT2D eigenvalue weighted by atomic mass is 19.1. The summed E-state index contributed by atoms with van der Waals surface area (Å²) < 4.78 is 18.7. The number of rotatable bonds is 2. The molecule has 1 fully saturated rings. The molecule has 0 unspecified atom stereocenters. The summed E-state index contributed by atoms with van der Waals surface area (Å²) in [7, 11) is 0. The number of hydrogen-bond acceptors (Lipinski definition) is 3. The number of hydrogen-bond donors (Lipinski definition) is 1. The van der Waals surface area contributed by atoms with Crippen molar-refractivity contribution in [3.8, 4) is 5.75 Å². The van der Waals surface area contributed by atoms with E-state index in [1.165, 1.54) is 23.1 Å². The minimum absolute atomic E-state index is 0.0868. The first-order valence-corrected chi connectivity index (χ1v) is 7.10. The highest BCUT2D eigenvalue weighted by Crippen LogP contribution is 2.30. The molecule has 0 radical (unpaired) electrons. The summed E-state index contributed by atoms with van der Waals surface area (Å²) in [4.78, 5) is 25.2. The number of carboxylic acid groups (broad SMARTS) is 1. The first kappa shape index (κ1) is 14.6. The van der Waals surface area contributed by atoms with Gasteiger partial charge in [0.1, 0.15) is 18.2 Å². The van der Waals surface area contributed by atoms with Crippen LogP contribution in [-0.4, -0.2) is 41.6 Å². The average Bonchev–Trinajstić information content (AvgIpc) is 2.88. The maximum Gasteiger partial charge on any atom is 0.308 e. The summed E-state index contributed by atoms with van der Waals surface area (Å²) >= 11 is 0. The van der Waals surface area contributed by atoms with Gasteiger partial charge in [0.15, 0.2) is 0 Å². The lowest BCUT2D eigenvalue weighted by Crippen LogP contribution is -2.33. The van der Waals surface area contributed by atoms with Crippen LogP contribution in [0.2, 0.25) is 0 Å². The van der Waals surface area contributed by atoms with Gasteiger partial charge < -0.3 is 14.7 Å². The van der Waals surface area contributed by atoms with Crippen molar-refractivity contribution in [2.24, 2.45) is 11.8 Å². The number of carboxylic acids is 1. The first-order chi connectivity index (χ1) is 10.5. The van der Waals surface area contributed by atoms with Crippen molar-refractivity contribution in [1.82, 2.24) is 4.90 Å². The third-order valence-electron chi connectivity index (χ3n) is 4.18. The quantitative estimate of drug-likeness (QED) is 0.904. The van der Waals surface area contributed by atoms with Crippen LogP contribution in [0.3, 0.4) is 0 Å². The minimum Gasteiger partial charge on any atom is -0.488 e. The Bertz CT molecular complexity index is 670. The summed E-state index contributed by atoms with van der Waals surface area (Å²) in [6, 6.07) is 4.15. The van der Waals surface area contributed by atoms with Crippen LogP contribution in [-0.2, 0) is 9.59 Å². The fraction of sp³-hybridized carbons (Fsp3) is 0.375. The molecule has 6 heteroatoms. The van der Waals surface area contributed by atoms with Gasteiger partial charge in [-0.15, -0.1) is 0 Å². The maximum atomic E-state index is 13.3. The second-order valence-electron chi connectivity index (χ2n) is 5.77. The number of ether oxygens (including phenoxy) is 1. The fourth-order valence-electron chi connectivity index (χ4n) is 2.93. The normalized spacial score (nSPS) is 23.5. The number of nitrogens with zero attached hydrogens (tertiary/aromatic N) is 1. The largest absolute Gasteiger partial charge is 0.488 e. The van der Waals surface area contributed by atoms with E-state index in [4.69, 9.17) is 9.84 Å². The van der Waals surface area contributed by atoms with Crippen molar-refractivity contribution in [3.05, 3.63) is 35.2 Å². The molecule has 1 aromatic rings. The molecule has 2 aliphatic heterocycles. The molecular formula is C16H16FNO4. The predicted octanol–water partition coefficient (Wildman–Crippen LogP) is 1.78. The summed E-state index contributed by atoms with van der Waals surface area (Å²) in [5, 5.41) is 9.14. The van der Waals surface area contributed by atoms with E-state index in [1.54, 1.807) is 6.08 Å². The molecule has 0 saturated carbocycles. The molecule has 0 aromatic heterocycles. The van der Waals surface area contributed by atoms with E-state index >= 15 is 0 Å². The predicted molar refractivity (Wildman–Crippen MR) is 76.7 cm³/mol. The Hall–Kier alpha value is -2.37. The van der Waals surface area contributed by atoms with Gasteiger partial charge in [0, 0.05) is 18.7 Å². The van der Waals surface area contributed by atoms with E-state index < -0.39 is 17.7 Å². The number of aliphatic carboxylic acids is 1. The molecule has 1 aromatic carbocycles. The molecule has 5 nitrogen and oxygen atoms in total. The molecule has 1 saturated heterocycles. The van der Waals surface area contributed by atoms with Crippen molar-refractivity contribution in [2.45, 2.75) is 6.92 Å². The van der Waals surface area contributed by atoms with Crippen LogP contribution >= 0.6 is 0 Å². The van der Waals surface area contributed by atoms with Crippen molar-refractivity contribution < 1.29 is 23.8 Å². The van der Waals surface area contributed by atoms with Crippen LogP contribution < -0.4 is 4.74 Å². The second-order valence-corrected chi connectivity index (χ2v) is 5.77. The van der Waals surface area contributed by atoms with Crippen LogP contribution in [0.4, 0.5) is 4.39 Å². The zero-order valence-electron chi connectivity index (χ0n) is 12.1. The summed E-state index contributed by atoms with van der Waals surface area (Å²) in [6.45, 7) is 2.54. The third-order valence-corrected chi connectivity index (χ3v) is 4.18. The van der Waals surface area contributed by atoms with Gasteiger partial charge in [-0.3, -0.25) is 9.59 Å². The van der Waals surface area contributed by atoms with Gasteiger partial charge in [0.25, 0.3) is 5.91 Å². The molecule has 2 aliphatic rings. The number of halogens is 1. The molecular weight excluding hydrogens is 289 g/mol. The topological polar surface area (TPSA) is 66.8 Å². The monoisotopic (exact) mass is 305 g/mol. The van der Waals surface area contributed by atoms with E-state index in [9.17, 15) is 14.0 Å². The second kappa shape index (κ2) is 5.44. The Morgan fingerprint density at radius 1 is 1.36 bits per heavy atom. The van der Waals surface area contributed by atoms with E-state index in [0.29, 0.717) is 23.4 Å². The third kappa shape index (κ3) is 2.56. The molecule has 1 amide bonds. The Balaban J connectivity index is 1.80. The maximum absolute atomic E-state index is 13.3. The zero-order valence-corrected chi connectivity index (χ0v) is 12.1. The van der Waals surface area contributed by atoms with Crippen molar-refractivity contribution in [2.75, 3.05) is 19.7 Å². The first-order valence-electron chi connectivity index (χ1n) is 7.10. The molecule has 2 heterocycles. The minimum atomic E-state index is -0.885. The van der Waals surface area contributed by atoms with Crippen LogP contribution in [0.1, 0.15) is 12.5 Å². The molecule has 0 bridgehead atoms. The smallest absolute Gasteiger partial charge is 0.308 e. The Morgan fingerprint density at radius 3 is 2.82 bits per heavy atom. The molecule has 0 spiro atoms. The number of carbonyl (C=O) groups is 2. The van der Waals surface area contributed by atoms with E-state index in [0.717, 1.165) is 0 Å². The Labute approximate surface area is 127 Å². The molecule has 3 rings (SSSR count). The standard InChI is InChI=1S/C16H16FNO4/c1-9-6-18(7-13(9)16(20)21)15(19)11-4-10-5-12(17)2-3-14(10)22-8-11/h2-5,9,13H,6-8H2,1H3,(H,20,21)/t9-,13-/m1/s1.